The Hall–Kier alpha value is -2.90. The first-order valence-electron chi connectivity index (χ1n) is 7.37. The van der Waals surface area contributed by atoms with Gasteiger partial charge in [0.15, 0.2) is 11.5 Å². The monoisotopic (exact) mass is 336 g/mol. The molecule has 0 bridgehead atoms. The number of unbranched alkanes of at least 4 members (excludes halogenated alkanes) is 1. The van der Waals surface area contributed by atoms with E-state index in [0.717, 1.165) is 0 Å². The van der Waals surface area contributed by atoms with E-state index in [2.05, 4.69) is 5.32 Å². The molecule has 0 atom stereocenters. The predicted molar refractivity (Wildman–Crippen MR) is 84.4 cm³/mol. The molecule has 3 N–H and O–H groups in total. The molecule has 0 radical (unpaired) electrons. The van der Waals surface area contributed by atoms with Gasteiger partial charge in [-0.3, -0.25) is 19.2 Å². The van der Waals surface area contributed by atoms with Crippen molar-refractivity contribution in [2.45, 2.75) is 33.1 Å². The van der Waals surface area contributed by atoms with Crippen LogP contribution in [0.4, 0.5) is 0 Å². The number of primary amides is 1. The molecule has 24 heavy (non-hydrogen) atoms. The molecule has 8 nitrogen and oxygen atoms in total. The van der Waals surface area contributed by atoms with Gasteiger partial charge in [0.25, 0.3) is 5.91 Å². The fourth-order valence-electron chi connectivity index (χ4n) is 1.90. The number of hydrogen-bond acceptors (Lipinski definition) is 6. The number of benzene rings is 1. The summed E-state index contributed by atoms with van der Waals surface area (Å²) >= 11 is 0. The number of nitrogens with two attached hydrogens (primary N) is 1. The van der Waals surface area contributed by atoms with Crippen LogP contribution in [-0.2, 0) is 14.4 Å². The summed E-state index contributed by atoms with van der Waals surface area (Å²) in [6.07, 6.45) is 1.37. The van der Waals surface area contributed by atoms with E-state index in [0.29, 0.717) is 19.4 Å². The van der Waals surface area contributed by atoms with Crippen LogP contribution in [0.25, 0.3) is 0 Å². The van der Waals surface area contributed by atoms with E-state index in [1.165, 1.54) is 32.0 Å². The van der Waals surface area contributed by atoms with Crippen molar-refractivity contribution in [3.05, 3.63) is 23.8 Å². The van der Waals surface area contributed by atoms with Gasteiger partial charge in [0, 0.05) is 26.8 Å². The van der Waals surface area contributed by atoms with E-state index in [1.54, 1.807) is 0 Å². The van der Waals surface area contributed by atoms with Gasteiger partial charge >= 0.3 is 11.9 Å². The van der Waals surface area contributed by atoms with E-state index in [4.69, 9.17) is 15.2 Å². The molecule has 0 heterocycles. The van der Waals surface area contributed by atoms with Crippen LogP contribution in [0.15, 0.2) is 18.2 Å². The molecule has 130 valence electrons. The second kappa shape index (κ2) is 9.29. The van der Waals surface area contributed by atoms with E-state index >= 15 is 0 Å². The van der Waals surface area contributed by atoms with Crippen molar-refractivity contribution in [1.82, 2.24) is 5.32 Å². The van der Waals surface area contributed by atoms with E-state index in [1.807, 2.05) is 0 Å². The topological polar surface area (TPSA) is 125 Å². The number of esters is 2. The summed E-state index contributed by atoms with van der Waals surface area (Å²) in [4.78, 5) is 45.3. The zero-order valence-corrected chi connectivity index (χ0v) is 13.6. The maximum Gasteiger partial charge on any atom is 0.308 e. The maximum absolute atomic E-state index is 12.2. The fourth-order valence-corrected chi connectivity index (χ4v) is 1.90. The van der Waals surface area contributed by atoms with Crippen LogP contribution in [0.2, 0.25) is 0 Å². The van der Waals surface area contributed by atoms with Gasteiger partial charge in [-0.2, -0.15) is 0 Å². The van der Waals surface area contributed by atoms with Gasteiger partial charge in [-0.1, -0.05) is 6.07 Å². The van der Waals surface area contributed by atoms with Crippen LogP contribution < -0.4 is 20.5 Å². The minimum atomic E-state index is -0.648. The largest absolute Gasteiger partial charge is 0.423 e. The predicted octanol–water partition coefficient (Wildman–Crippen LogP) is 0.923. The third-order valence-corrected chi connectivity index (χ3v) is 2.86. The number of hydrogen-bond donors (Lipinski definition) is 2. The summed E-state index contributed by atoms with van der Waals surface area (Å²) in [5.41, 5.74) is 5.10. The third kappa shape index (κ3) is 6.47. The second-order valence-electron chi connectivity index (χ2n) is 5.00. The average Bonchev–Trinajstić information content (AvgIpc) is 2.47. The Kier molecular flexibility index (Phi) is 7.41. The number of nitrogens with one attached hydrogen (secondary N) is 1. The summed E-state index contributed by atoms with van der Waals surface area (Å²) in [5, 5.41) is 2.64. The highest BCUT2D eigenvalue weighted by Gasteiger charge is 2.19. The van der Waals surface area contributed by atoms with Gasteiger partial charge in [0.05, 0.1) is 5.56 Å². The lowest BCUT2D eigenvalue weighted by Crippen LogP contribution is -2.26. The molecular weight excluding hydrogens is 316 g/mol. The molecule has 8 heteroatoms. The Morgan fingerprint density at radius 1 is 1.04 bits per heavy atom. The Balaban J connectivity index is 2.84. The van der Waals surface area contributed by atoms with E-state index in [-0.39, 0.29) is 23.5 Å². The molecular formula is C16H20N2O6. The normalized spacial score (nSPS) is 9.92. The quantitative estimate of drug-likeness (QED) is 0.413. The fraction of sp³-hybridized carbons (Fsp3) is 0.375. The number of rotatable bonds is 8. The summed E-state index contributed by atoms with van der Waals surface area (Å²) in [6.45, 7) is 2.70. The lowest BCUT2D eigenvalue weighted by Gasteiger charge is -2.13. The number of carbonyl (C=O) groups is 4. The average molecular weight is 336 g/mol. The van der Waals surface area contributed by atoms with Crippen molar-refractivity contribution in [3.63, 3.8) is 0 Å². The molecule has 1 aromatic carbocycles. The van der Waals surface area contributed by atoms with Crippen LogP contribution in [0.5, 0.6) is 11.5 Å². The SMILES string of the molecule is CC(=O)Oc1cccc(C(=O)NCCCCC(N)=O)c1OC(C)=O. The van der Waals surface area contributed by atoms with Gasteiger partial charge in [0.1, 0.15) is 0 Å². The number of amides is 2. The van der Waals surface area contributed by atoms with Crippen molar-refractivity contribution < 1.29 is 28.7 Å². The minimum absolute atomic E-state index is 0.0147. The smallest absolute Gasteiger partial charge is 0.308 e. The minimum Gasteiger partial charge on any atom is -0.423 e. The van der Waals surface area contributed by atoms with Gasteiger partial charge in [-0.05, 0) is 25.0 Å². The van der Waals surface area contributed by atoms with Crippen molar-refractivity contribution in [2.75, 3.05) is 6.54 Å². The zero-order valence-electron chi connectivity index (χ0n) is 13.6. The number of para-hydroxylation sites is 1. The second-order valence-corrected chi connectivity index (χ2v) is 5.00. The molecule has 0 aliphatic heterocycles. The first-order chi connectivity index (χ1) is 11.3. The molecule has 0 spiro atoms. The highest BCUT2D eigenvalue weighted by atomic mass is 16.6. The third-order valence-electron chi connectivity index (χ3n) is 2.86. The molecule has 0 saturated carbocycles. The maximum atomic E-state index is 12.2. The lowest BCUT2D eigenvalue weighted by molar-refractivity contribution is -0.134. The molecule has 1 aromatic rings. The first kappa shape index (κ1) is 19.1. The lowest BCUT2D eigenvalue weighted by atomic mass is 10.1. The van der Waals surface area contributed by atoms with Crippen molar-refractivity contribution >= 4 is 23.8 Å². The van der Waals surface area contributed by atoms with Gasteiger partial charge in [0.2, 0.25) is 5.91 Å². The Morgan fingerprint density at radius 3 is 2.29 bits per heavy atom. The summed E-state index contributed by atoms with van der Waals surface area (Å²) in [5.74, 6) is -2.27. The summed E-state index contributed by atoms with van der Waals surface area (Å²) in [7, 11) is 0. The Morgan fingerprint density at radius 2 is 1.71 bits per heavy atom. The first-order valence-corrected chi connectivity index (χ1v) is 7.37. The van der Waals surface area contributed by atoms with Crippen molar-refractivity contribution in [3.8, 4) is 11.5 Å². The molecule has 0 unspecified atom stereocenters. The van der Waals surface area contributed by atoms with Crippen LogP contribution >= 0.6 is 0 Å². The highest BCUT2D eigenvalue weighted by Crippen LogP contribution is 2.31. The highest BCUT2D eigenvalue weighted by molar-refractivity contribution is 5.98. The molecule has 0 saturated heterocycles. The molecule has 0 fully saturated rings. The molecule has 0 aliphatic carbocycles. The summed E-state index contributed by atoms with van der Waals surface area (Å²) < 4.78 is 9.98. The van der Waals surface area contributed by atoms with Gasteiger partial charge in [-0.15, -0.1) is 0 Å². The molecule has 0 aromatic heterocycles. The van der Waals surface area contributed by atoms with Crippen LogP contribution in [0.3, 0.4) is 0 Å². The number of carbonyl (C=O) groups excluding carboxylic acids is 4. The van der Waals surface area contributed by atoms with E-state index < -0.39 is 23.8 Å². The van der Waals surface area contributed by atoms with Crippen LogP contribution in [-0.4, -0.2) is 30.3 Å². The molecule has 1 rings (SSSR count). The summed E-state index contributed by atoms with van der Waals surface area (Å²) in [6, 6.07) is 4.38. The Labute approximate surface area is 139 Å². The van der Waals surface area contributed by atoms with E-state index in [9.17, 15) is 19.2 Å². The zero-order chi connectivity index (χ0) is 18.1. The standard InChI is InChI=1S/C16H20N2O6/c1-10(19)23-13-7-5-6-12(15(13)24-11(2)20)16(22)18-9-4-3-8-14(17)21/h5-7H,3-4,8-9H2,1-2H3,(H2,17,21)(H,18,22). The number of ether oxygens (including phenoxy) is 2. The van der Waals surface area contributed by atoms with Gasteiger partial charge in [-0.25, -0.2) is 0 Å². The van der Waals surface area contributed by atoms with Crippen LogP contribution in [0, 0.1) is 0 Å². The van der Waals surface area contributed by atoms with Crippen LogP contribution in [0.1, 0.15) is 43.5 Å². The molecule has 0 aliphatic rings. The van der Waals surface area contributed by atoms with Gasteiger partial charge < -0.3 is 20.5 Å². The van der Waals surface area contributed by atoms with Crippen molar-refractivity contribution in [2.24, 2.45) is 5.73 Å². The Bertz CT molecular complexity index is 641. The molecule has 2 amide bonds. The van der Waals surface area contributed by atoms with Crippen molar-refractivity contribution in [1.29, 1.82) is 0 Å².